The van der Waals surface area contributed by atoms with Crippen LogP contribution in [0.2, 0.25) is 0 Å². The lowest BCUT2D eigenvalue weighted by molar-refractivity contribution is 0.958. The summed E-state index contributed by atoms with van der Waals surface area (Å²) in [5.74, 6) is 0. The molecule has 2 N–H and O–H groups in total. The second-order valence-electron chi connectivity index (χ2n) is 1.05. The van der Waals surface area contributed by atoms with Crippen LogP contribution in [0.5, 0.6) is 0 Å². The molecule has 0 amide bonds. The van der Waals surface area contributed by atoms with Crippen LogP contribution in [0.1, 0.15) is 6.92 Å². The standard InChI is InChI=1S/C3H9NS/c1-3(5)2-4/h3,5H,2,4H2,1H3/p-1/t3-/m0/s1. The van der Waals surface area contributed by atoms with E-state index in [4.69, 9.17) is 5.73 Å². The normalized spacial score (nSPS) is 15.0. The van der Waals surface area contributed by atoms with Crippen LogP contribution in [0, 0.1) is 0 Å². The lowest BCUT2D eigenvalue weighted by atomic mass is 10.5. The molecule has 0 aliphatic rings. The molecule has 2 heteroatoms. The molecule has 0 bridgehead atoms. The average molecular weight is 90.2 g/mol. The molecule has 0 rings (SSSR count). The Morgan fingerprint density at radius 1 is 2.00 bits per heavy atom. The van der Waals surface area contributed by atoms with Crippen LogP contribution < -0.4 is 5.73 Å². The van der Waals surface area contributed by atoms with Gasteiger partial charge < -0.3 is 18.4 Å². The van der Waals surface area contributed by atoms with E-state index in [0.29, 0.717) is 6.54 Å². The summed E-state index contributed by atoms with van der Waals surface area (Å²) in [7, 11) is 0. The monoisotopic (exact) mass is 90.0 g/mol. The minimum atomic E-state index is 0.245. The van der Waals surface area contributed by atoms with Gasteiger partial charge in [0.25, 0.3) is 0 Å². The second-order valence-corrected chi connectivity index (χ2v) is 1.85. The van der Waals surface area contributed by atoms with Crippen molar-refractivity contribution >= 4 is 12.6 Å². The van der Waals surface area contributed by atoms with Crippen LogP contribution in [0.3, 0.4) is 0 Å². The molecule has 0 aromatic rings. The van der Waals surface area contributed by atoms with Gasteiger partial charge in [-0.1, -0.05) is 6.92 Å². The molecule has 0 spiro atoms. The van der Waals surface area contributed by atoms with Crippen molar-refractivity contribution in [2.75, 3.05) is 6.54 Å². The van der Waals surface area contributed by atoms with Gasteiger partial charge in [0, 0.05) is 0 Å². The fourth-order valence-corrected chi connectivity index (χ4v) is 0. The third-order valence-electron chi connectivity index (χ3n) is 0.332. The highest BCUT2D eigenvalue weighted by Gasteiger charge is 1.67. The fraction of sp³-hybridized carbons (Fsp3) is 1.00. The largest absolute Gasteiger partial charge is 0.788 e. The summed E-state index contributed by atoms with van der Waals surface area (Å²) in [4.78, 5) is 0. The molecule has 0 saturated carbocycles. The molecule has 0 unspecified atom stereocenters. The number of nitrogens with two attached hydrogens (primary N) is 1. The minimum Gasteiger partial charge on any atom is -0.788 e. The van der Waals surface area contributed by atoms with Crippen LogP contribution in [-0.2, 0) is 12.6 Å². The summed E-state index contributed by atoms with van der Waals surface area (Å²) in [5.41, 5.74) is 5.07. The van der Waals surface area contributed by atoms with Gasteiger partial charge in [-0.2, -0.15) is 5.25 Å². The minimum absolute atomic E-state index is 0.245. The molecule has 0 fully saturated rings. The number of rotatable bonds is 1. The molecule has 0 heterocycles. The van der Waals surface area contributed by atoms with Crippen LogP contribution in [0.25, 0.3) is 0 Å². The summed E-state index contributed by atoms with van der Waals surface area (Å²) in [6.07, 6.45) is 0. The van der Waals surface area contributed by atoms with Crippen molar-refractivity contribution < 1.29 is 0 Å². The van der Waals surface area contributed by atoms with Crippen LogP contribution in [0.15, 0.2) is 0 Å². The molecule has 0 aliphatic heterocycles. The maximum absolute atomic E-state index is 5.07. The highest BCUT2D eigenvalue weighted by molar-refractivity contribution is 7.59. The first kappa shape index (κ1) is 5.31. The van der Waals surface area contributed by atoms with E-state index in [2.05, 4.69) is 12.6 Å². The summed E-state index contributed by atoms with van der Waals surface area (Å²) in [5, 5.41) is 0.245. The Morgan fingerprint density at radius 3 is 2.20 bits per heavy atom. The third kappa shape index (κ3) is 4.31. The van der Waals surface area contributed by atoms with Crippen molar-refractivity contribution in [2.45, 2.75) is 12.2 Å². The topological polar surface area (TPSA) is 26.0 Å². The van der Waals surface area contributed by atoms with Gasteiger partial charge in [0.15, 0.2) is 0 Å². The van der Waals surface area contributed by atoms with Gasteiger partial charge in [0.2, 0.25) is 0 Å². The molecular formula is C3H8NS-. The van der Waals surface area contributed by atoms with Gasteiger partial charge in [-0.3, -0.25) is 0 Å². The van der Waals surface area contributed by atoms with Gasteiger partial charge in [-0.25, -0.2) is 0 Å². The number of hydrogen-bond acceptors (Lipinski definition) is 2. The van der Waals surface area contributed by atoms with Crippen LogP contribution in [0.4, 0.5) is 0 Å². The molecular weight excluding hydrogens is 82.1 g/mol. The van der Waals surface area contributed by atoms with E-state index < -0.39 is 0 Å². The third-order valence-corrected chi connectivity index (χ3v) is 0.524. The van der Waals surface area contributed by atoms with Crippen molar-refractivity contribution in [1.29, 1.82) is 0 Å². The van der Waals surface area contributed by atoms with E-state index in [1.165, 1.54) is 0 Å². The van der Waals surface area contributed by atoms with Crippen LogP contribution >= 0.6 is 0 Å². The van der Waals surface area contributed by atoms with E-state index >= 15 is 0 Å². The van der Waals surface area contributed by atoms with E-state index in [1.54, 1.807) is 0 Å². The van der Waals surface area contributed by atoms with Gasteiger partial charge >= 0.3 is 0 Å². The molecule has 0 aliphatic carbocycles. The quantitative estimate of drug-likeness (QED) is 0.454. The molecule has 0 saturated heterocycles. The van der Waals surface area contributed by atoms with Crippen molar-refractivity contribution in [3.8, 4) is 0 Å². The van der Waals surface area contributed by atoms with Crippen LogP contribution in [-0.4, -0.2) is 11.8 Å². The first-order chi connectivity index (χ1) is 2.27. The number of hydrogen-bond donors (Lipinski definition) is 1. The molecule has 0 radical (unpaired) electrons. The predicted molar refractivity (Wildman–Crippen MR) is 25.9 cm³/mol. The Balaban J connectivity index is 2.54. The average Bonchev–Trinajstić information content (AvgIpc) is 1.38. The van der Waals surface area contributed by atoms with Gasteiger partial charge in [-0.05, 0) is 6.54 Å². The van der Waals surface area contributed by atoms with E-state index in [1.807, 2.05) is 6.92 Å². The Kier molecular flexibility index (Phi) is 2.70. The first-order valence-corrected chi connectivity index (χ1v) is 2.10. The molecule has 1 atom stereocenters. The SMILES string of the molecule is C[C@H]([S-])CN. The summed E-state index contributed by atoms with van der Waals surface area (Å²) in [6.45, 7) is 2.53. The summed E-state index contributed by atoms with van der Waals surface area (Å²) in [6, 6.07) is 0. The Labute approximate surface area is 38.0 Å². The van der Waals surface area contributed by atoms with Crippen molar-refractivity contribution in [3.05, 3.63) is 0 Å². The molecule has 0 aromatic carbocycles. The Bertz CT molecular complexity index is 20.9. The second kappa shape index (κ2) is 2.54. The maximum atomic E-state index is 5.07. The highest BCUT2D eigenvalue weighted by Crippen LogP contribution is 1.69. The van der Waals surface area contributed by atoms with Crippen molar-refractivity contribution in [3.63, 3.8) is 0 Å². The fourth-order valence-electron chi connectivity index (χ4n) is 0. The molecule has 5 heavy (non-hydrogen) atoms. The lowest BCUT2D eigenvalue weighted by Crippen LogP contribution is -2.12. The Hall–Kier alpha value is 0.310. The first-order valence-electron chi connectivity index (χ1n) is 1.63. The van der Waals surface area contributed by atoms with Gasteiger partial charge in [0.05, 0.1) is 0 Å². The van der Waals surface area contributed by atoms with E-state index in [9.17, 15) is 0 Å². The Morgan fingerprint density at radius 2 is 2.20 bits per heavy atom. The lowest BCUT2D eigenvalue weighted by Gasteiger charge is -2.09. The summed E-state index contributed by atoms with van der Waals surface area (Å²) >= 11 is 4.66. The smallest absolute Gasteiger partial charge is 0.0271 e. The zero-order valence-corrected chi connectivity index (χ0v) is 4.09. The molecule has 1 nitrogen and oxygen atoms in total. The zero-order valence-electron chi connectivity index (χ0n) is 3.27. The highest BCUT2D eigenvalue weighted by atomic mass is 32.1. The van der Waals surface area contributed by atoms with Gasteiger partial charge in [0.1, 0.15) is 0 Å². The maximum Gasteiger partial charge on any atom is -0.0271 e. The van der Waals surface area contributed by atoms with Crippen molar-refractivity contribution in [2.24, 2.45) is 5.73 Å². The zero-order chi connectivity index (χ0) is 4.28. The van der Waals surface area contributed by atoms with Crippen molar-refractivity contribution in [1.82, 2.24) is 0 Å². The van der Waals surface area contributed by atoms with Gasteiger partial charge in [-0.15, -0.1) is 0 Å². The van der Waals surface area contributed by atoms with E-state index in [0.717, 1.165) is 0 Å². The predicted octanol–water partition coefficient (Wildman–Crippen LogP) is -0.119. The molecule has 32 valence electrons. The summed E-state index contributed by atoms with van der Waals surface area (Å²) < 4.78 is 0. The van der Waals surface area contributed by atoms with E-state index in [-0.39, 0.29) is 5.25 Å². The molecule has 0 aromatic heterocycles.